The van der Waals surface area contributed by atoms with E-state index in [4.69, 9.17) is 27.9 Å². The van der Waals surface area contributed by atoms with E-state index in [1.165, 1.54) is 0 Å². The number of rotatable bonds is 5. The zero-order chi connectivity index (χ0) is 15.2. The van der Waals surface area contributed by atoms with Gasteiger partial charge in [0.2, 0.25) is 0 Å². The topological polar surface area (TPSA) is 50.4 Å². The van der Waals surface area contributed by atoms with Crippen LogP contribution >= 0.6 is 23.2 Å². The van der Waals surface area contributed by atoms with Gasteiger partial charge in [-0.3, -0.25) is 0 Å². The van der Waals surface area contributed by atoms with E-state index in [2.05, 4.69) is 10.6 Å². The fraction of sp³-hybridized carbons (Fsp3) is 0.500. The monoisotopic (exact) mass is 318 g/mol. The van der Waals surface area contributed by atoms with Gasteiger partial charge in [-0.1, -0.05) is 35.3 Å². The van der Waals surface area contributed by atoms with E-state index in [0.29, 0.717) is 29.7 Å². The van der Waals surface area contributed by atoms with Crippen molar-refractivity contribution < 1.29 is 9.53 Å². The molecular formula is C14H20Cl2N2O2. The van der Waals surface area contributed by atoms with Crippen LogP contribution in [0, 0.1) is 0 Å². The van der Waals surface area contributed by atoms with Crippen molar-refractivity contribution in [1.82, 2.24) is 10.6 Å². The van der Waals surface area contributed by atoms with Gasteiger partial charge >= 0.3 is 6.09 Å². The summed E-state index contributed by atoms with van der Waals surface area (Å²) in [5, 5.41) is 6.94. The van der Waals surface area contributed by atoms with E-state index >= 15 is 0 Å². The minimum Gasteiger partial charge on any atom is -0.444 e. The van der Waals surface area contributed by atoms with E-state index < -0.39 is 11.7 Å². The number of hydrogen-bond donors (Lipinski definition) is 2. The number of carbonyl (C=O) groups is 1. The Morgan fingerprint density at radius 3 is 2.60 bits per heavy atom. The molecule has 0 radical (unpaired) electrons. The van der Waals surface area contributed by atoms with Crippen molar-refractivity contribution in [2.45, 2.75) is 32.9 Å². The average Bonchev–Trinajstić information content (AvgIpc) is 2.31. The lowest BCUT2D eigenvalue weighted by atomic mass is 10.2. The molecule has 1 aromatic carbocycles. The van der Waals surface area contributed by atoms with Crippen molar-refractivity contribution in [2.75, 3.05) is 13.1 Å². The highest BCUT2D eigenvalue weighted by Gasteiger charge is 2.15. The molecule has 0 spiro atoms. The predicted octanol–water partition coefficient (Wildman–Crippen LogP) is 3.61. The lowest BCUT2D eigenvalue weighted by Gasteiger charge is -2.19. The van der Waals surface area contributed by atoms with Crippen molar-refractivity contribution in [1.29, 1.82) is 0 Å². The van der Waals surface area contributed by atoms with Crippen molar-refractivity contribution in [2.24, 2.45) is 0 Å². The second kappa shape index (κ2) is 7.72. The van der Waals surface area contributed by atoms with Crippen LogP contribution < -0.4 is 10.6 Å². The number of benzene rings is 1. The van der Waals surface area contributed by atoms with Gasteiger partial charge in [0, 0.05) is 19.6 Å². The molecule has 0 saturated carbocycles. The molecule has 0 unspecified atom stereocenters. The van der Waals surface area contributed by atoms with Gasteiger partial charge < -0.3 is 15.4 Å². The summed E-state index contributed by atoms with van der Waals surface area (Å²) >= 11 is 12.0. The minimum atomic E-state index is -0.480. The lowest BCUT2D eigenvalue weighted by molar-refractivity contribution is 0.0528. The smallest absolute Gasteiger partial charge is 0.407 e. The molecule has 6 heteroatoms. The van der Waals surface area contributed by atoms with Gasteiger partial charge in [0.25, 0.3) is 0 Å². The molecule has 0 saturated heterocycles. The van der Waals surface area contributed by atoms with E-state index in [-0.39, 0.29) is 0 Å². The fourth-order valence-electron chi connectivity index (χ4n) is 1.48. The van der Waals surface area contributed by atoms with Crippen LogP contribution in [0.5, 0.6) is 0 Å². The van der Waals surface area contributed by atoms with Gasteiger partial charge in [0.1, 0.15) is 5.60 Å². The second-order valence-corrected chi connectivity index (χ2v) is 6.10. The van der Waals surface area contributed by atoms with Crippen molar-refractivity contribution in [3.05, 3.63) is 33.8 Å². The molecule has 112 valence electrons. The molecule has 0 aliphatic carbocycles. The van der Waals surface area contributed by atoms with Gasteiger partial charge in [-0.05, 0) is 32.4 Å². The maximum Gasteiger partial charge on any atom is 0.407 e. The van der Waals surface area contributed by atoms with Crippen molar-refractivity contribution in [3.8, 4) is 0 Å². The fourth-order valence-corrected chi connectivity index (χ4v) is 1.86. The minimum absolute atomic E-state index is 0.417. The Labute approximate surface area is 129 Å². The van der Waals surface area contributed by atoms with Crippen LogP contribution in [-0.4, -0.2) is 24.8 Å². The number of alkyl carbamates (subject to hydrolysis) is 1. The maximum atomic E-state index is 11.4. The van der Waals surface area contributed by atoms with Crippen molar-refractivity contribution in [3.63, 3.8) is 0 Å². The molecule has 1 amide bonds. The summed E-state index contributed by atoms with van der Waals surface area (Å²) in [5.74, 6) is 0. The first-order chi connectivity index (χ1) is 9.29. The molecule has 2 N–H and O–H groups in total. The quantitative estimate of drug-likeness (QED) is 0.815. The van der Waals surface area contributed by atoms with Crippen LogP contribution in [0.2, 0.25) is 10.0 Å². The zero-order valence-corrected chi connectivity index (χ0v) is 13.4. The molecule has 0 aromatic heterocycles. The van der Waals surface area contributed by atoms with Crippen LogP contribution in [0.25, 0.3) is 0 Å². The van der Waals surface area contributed by atoms with Crippen LogP contribution in [0.15, 0.2) is 18.2 Å². The molecule has 0 fully saturated rings. The third-order valence-corrected chi connectivity index (χ3v) is 3.18. The second-order valence-electron chi connectivity index (χ2n) is 5.32. The number of amides is 1. The Morgan fingerprint density at radius 1 is 1.25 bits per heavy atom. The summed E-state index contributed by atoms with van der Waals surface area (Å²) < 4.78 is 5.12. The summed E-state index contributed by atoms with van der Waals surface area (Å²) in [5.41, 5.74) is 0.447. The molecule has 1 aromatic rings. The summed E-state index contributed by atoms with van der Waals surface area (Å²) in [7, 11) is 0. The van der Waals surface area contributed by atoms with Crippen molar-refractivity contribution >= 4 is 29.3 Å². The summed E-state index contributed by atoms with van der Waals surface area (Å²) in [6.07, 6.45) is -0.417. The predicted molar refractivity (Wildman–Crippen MR) is 82.4 cm³/mol. The molecule has 0 aliphatic rings. The largest absolute Gasteiger partial charge is 0.444 e. The van der Waals surface area contributed by atoms with E-state index in [1.54, 1.807) is 6.07 Å². The van der Waals surface area contributed by atoms with Gasteiger partial charge in [-0.15, -0.1) is 0 Å². The zero-order valence-electron chi connectivity index (χ0n) is 11.9. The Bertz CT molecular complexity index is 459. The van der Waals surface area contributed by atoms with E-state index in [0.717, 1.165) is 5.56 Å². The molecular weight excluding hydrogens is 299 g/mol. The number of ether oxygens (including phenoxy) is 1. The number of hydrogen-bond acceptors (Lipinski definition) is 3. The first-order valence-corrected chi connectivity index (χ1v) is 7.15. The summed E-state index contributed by atoms with van der Waals surface area (Å²) in [4.78, 5) is 11.4. The van der Waals surface area contributed by atoms with E-state index in [1.807, 2.05) is 32.9 Å². The molecule has 4 nitrogen and oxygen atoms in total. The Hall–Kier alpha value is -0.970. The van der Waals surface area contributed by atoms with Crippen LogP contribution in [-0.2, 0) is 11.3 Å². The summed E-state index contributed by atoms with van der Waals surface area (Å²) in [6.45, 7) is 7.16. The van der Waals surface area contributed by atoms with E-state index in [9.17, 15) is 4.79 Å². The third kappa shape index (κ3) is 6.46. The highest BCUT2D eigenvalue weighted by Crippen LogP contribution is 2.25. The summed E-state index contributed by atoms with van der Waals surface area (Å²) in [6, 6.07) is 5.50. The SMILES string of the molecule is CC(C)(C)OC(=O)NCCNCc1cccc(Cl)c1Cl. The molecule has 0 heterocycles. The molecule has 0 bridgehead atoms. The van der Waals surface area contributed by atoms with Crippen LogP contribution in [0.1, 0.15) is 26.3 Å². The Balaban J connectivity index is 2.23. The molecule has 20 heavy (non-hydrogen) atoms. The van der Waals surface area contributed by atoms with Gasteiger partial charge in [-0.25, -0.2) is 4.79 Å². The number of halogens is 2. The van der Waals surface area contributed by atoms with Gasteiger partial charge in [0.05, 0.1) is 10.0 Å². The first kappa shape index (κ1) is 17.1. The first-order valence-electron chi connectivity index (χ1n) is 6.40. The Kier molecular flexibility index (Phi) is 6.59. The third-order valence-electron chi connectivity index (χ3n) is 2.32. The molecule has 1 rings (SSSR count). The van der Waals surface area contributed by atoms with Gasteiger partial charge in [-0.2, -0.15) is 0 Å². The van der Waals surface area contributed by atoms with Crippen LogP contribution in [0.4, 0.5) is 4.79 Å². The van der Waals surface area contributed by atoms with Crippen LogP contribution in [0.3, 0.4) is 0 Å². The number of carbonyl (C=O) groups excluding carboxylic acids is 1. The standard InChI is InChI=1S/C14H20Cl2N2O2/c1-14(2,3)20-13(19)18-8-7-17-9-10-5-4-6-11(15)12(10)16/h4-6,17H,7-9H2,1-3H3,(H,18,19). The lowest BCUT2D eigenvalue weighted by Crippen LogP contribution is -2.36. The average molecular weight is 319 g/mol. The normalized spacial score (nSPS) is 11.2. The molecule has 0 aliphatic heterocycles. The molecule has 0 atom stereocenters. The maximum absolute atomic E-state index is 11.4. The highest BCUT2D eigenvalue weighted by molar-refractivity contribution is 6.42. The van der Waals surface area contributed by atoms with Gasteiger partial charge in [0.15, 0.2) is 0 Å². The Morgan fingerprint density at radius 2 is 1.95 bits per heavy atom. The number of nitrogens with one attached hydrogen (secondary N) is 2. The highest BCUT2D eigenvalue weighted by atomic mass is 35.5.